The van der Waals surface area contributed by atoms with E-state index < -0.39 is 42.2 Å². The van der Waals surface area contributed by atoms with Crippen LogP contribution in [0, 0.1) is 11.8 Å². The van der Waals surface area contributed by atoms with Crippen molar-refractivity contribution in [2.75, 3.05) is 13.7 Å². The first kappa shape index (κ1) is 30.3. The Morgan fingerprint density at radius 2 is 1.85 bits per heavy atom. The van der Waals surface area contributed by atoms with Gasteiger partial charge in [0, 0.05) is 25.8 Å². The Hall–Kier alpha value is -3.21. The lowest BCUT2D eigenvalue weighted by molar-refractivity contribution is -0.183. The van der Waals surface area contributed by atoms with Crippen molar-refractivity contribution in [1.82, 2.24) is 10.3 Å². The lowest BCUT2D eigenvalue weighted by Crippen LogP contribution is -2.46. The fourth-order valence-electron chi connectivity index (χ4n) is 4.85. The monoisotopic (exact) mass is 548 g/mol. The maximum Gasteiger partial charge on any atom is 0.329 e. The average Bonchev–Trinajstić information content (AvgIpc) is 3.44. The summed E-state index contributed by atoms with van der Waals surface area (Å²) < 4.78 is 28.2. The number of cyclic esters (lactones) is 1. The van der Waals surface area contributed by atoms with Crippen LogP contribution < -0.4 is 14.8 Å². The van der Waals surface area contributed by atoms with Gasteiger partial charge in [0.05, 0.1) is 19.1 Å². The van der Waals surface area contributed by atoms with Crippen molar-refractivity contribution >= 4 is 23.8 Å². The number of amides is 1. The molecule has 1 aromatic heterocycles. The van der Waals surface area contributed by atoms with E-state index in [1.54, 1.807) is 6.92 Å². The number of hydrogen-bond donors (Lipinski definition) is 1. The summed E-state index contributed by atoms with van der Waals surface area (Å²) in [6, 6.07) is 0.447. The maximum absolute atomic E-state index is 13.2. The van der Waals surface area contributed by atoms with Crippen molar-refractivity contribution in [2.24, 2.45) is 11.8 Å². The number of hydrogen-bond acceptors (Lipinski definition) is 10. The Bertz CT molecular complexity index is 1020. The van der Waals surface area contributed by atoms with Crippen molar-refractivity contribution in [3.05, 3.63) is 18.0 Å². The molecule has 1 amide bonds. The lowest BCUT2D eigenvalue weighted by Gasteiger charge is -2.32. The Balaban J connectivity index is 1.78. The van der Waals surface area contributed by atoms with E-state index in [1.807, 2.05) is 13.8 Å². The normalized spacial score (nSPS) is 24.2. The minimum atomic E-state index is -1.01. The molecular formula is C28H40N2O9. The number of aromatic nitrogens is 1. The highest BCUT2D eigenvalue weighted by Gasteiger charge is 2.39. The minimum absolute atomic E-state index is 0.143. The average molecular weight is 549 g/mol. The Labute approximate surface area is 229 Å². The number of nitrogens with zero attached hydrogens (tertiary/aromatic N) is 1. The van der Waals surface area contributed by atoms with Gasteiger partial charge in [-0.3, -0.25) is 14.4 Å². The lowest BCUT2D eigenvalue weighted by atomic mass is 10.0. The zero-order chi connectivity index (χ0) is 28.5. The highest BCUT2D eigenvalue weighted by Crippen LogP contribution is 2.31. The zero-order valence-electron chi connectivity index (χ0n) is 23.4. The van der Waals surface area contributed by atoms with Gasteiger partial charge in [0.25, 0.3) is 5.91 Å². The fourth-order valence-corrected chi connectivity index (χ4v) is 4.85. The Kier molecular flexibility index (Phi) is 11.1. The summed E-state index contributed by atoms with van der Waals surface area (Å²) in [5, 5.41) is 2.66. The van der Waals surface area contributed by atoms with Gasteiger partial charge in [-0.2, -0.15) is 0 Å². The van der Waals surface area contributed by atoms with Gasteiger partial charge in [-0.15, -0.1) is 0 Å². The molecule has 1 saturated carbocycles. The van der Waals surface area contributed by atoms with E-state index in [-0.39, 0.29) is 41.4 Å². The second-order valence-corrected chi connectivity index (χ2v) is 10.5. The van der Waals surface area contributed by atoms with E-state index in [9.17, 15) is 19.2 Å². The molecule has 0 spiro atoms. The van der Waals surface area contributed by atoms with Crippen LogP contribution in [-0.4, -0.2) is 66.9 Å². The van der Waals surface area contributed by atoms with Crippen molar-refractivity contribution in [3.8, 4) is 11.5 Å². The number of esters is 3. The predicted octanol–water partition coefficient (Wildman–Crippen LogP) is 3.37. The van der Waals surface area contributed by atoms with Gasteiger partial charge < -0.3 is 29.0 Å². The molecule has 11 nitrogen and oxygen atoms in total. The largest absolute Gasteiger partial charge is 0.493 e. The topological polar surface area (TPSA) is 139 Å². The quantitative estimate of drug-likeness (QED) is 0.457. The van der Waals surface area contributed by atoms with E-state index in [0.717, 1.165) is 25.7 Å². The van der Waals surface area contributed by atoms with Crippen LogP contribution in [-0.2, 0) is 28.6 Å². The molecule has 1 saturated heterocycles. The van der Waals surface area contributed by atoms with Crippen LogP contribution in [0.2, 0.25) is 0 Å². The molecular weight excluding hydrogens is 508 g/mol. The standard InChI is InChI=1S/C28H40N2O9/c1-16(2)15-36-22-12-8-11-20(28(34)37-17(3)24(22)39-27(33)19-9-6-7-10-19)30-26(32)23-25(38-18(4)31)21(35-5)13-14-29-23/h13-14,16-17,19-20,22,24H,6-12,15H2,1-5H3,(H,30,32). The third-order valence-electron chi connectivity index (χ3n) is 6.84. The van der Waals surface area contributed by atoms with Crippen molar-refractivity contribution in [2.45, 2.75) is 97.0 Å². The summed E-state index contributed by atoms with van der Waals surface area (Å²) in [5.41, 5.74) is -0.202. The molecule has 1 N–H and O–H groups in total. The van der Waals surface area contributed by atoms with Gasteiger partial charge in [0.2, 0.25) is 5.75 Å². The van der Waals surface area contributed by atoms with Gasteiger partial charge in [0.1, 0.15) is 12.1 Å². The van der Waals surface area contributed by atoms with Crippen LogP contribution in [0.5, 0.6) is 11.5 Å². The van der Waals surface area contributed by atoms with Crippen LogP contribution in [0.1, 0.15) is 83.1 Å². The van der Waals surface area contributed by atoms with E-state index in [0.29, 0.717) is 19.4 Å². The molecule has 1 aliphatic heterocycles. The first-order valence-corrected chi connectivity index (χ1v) is 13.7. The number of methoxy groups -OCH3 is 1. The van der Waals surface area contributed by atoms with Crippen LogP contribution in [0.3, 0.4) is 0 Å². The summed E-state index contributed by atoms with van der Waals surface area (Å²) >= 11 is 0. The van der Waals surface area contributed by atoms with E-state index in [4.69, 9.17) is 23.7 Å². The third-order valence-corrected chi connectivity index (χ3v) is 6.84. The molecule has 2 heterocycles. The number of carbonyl (C=O) groups is 4. The van der Waals surface area contributed by atoms with E-state index >= 15 is 0 Å². The third kappa shape index (κ3) is 8.39. The second kappa shape index (κ2) is 14.3. The molecule has 1 aromatic rings. The van der Waals surface area contributed by atoms with Crippen molar-refractivity contribution < 1.29 is 42.9 Å². The maximum atomic E-state index is 13.2. The number of pyridine rings is 1. The molecule has 0 radical (unpaired) electrons. The number of nitrogens with one attached hydrogen (secondary N) is 1. The van der Waals surface area contributed by atoms with E-state index in [1.165, 1.54) is 26.3 Å². The highest BCUT2D eigenvalue weighted by atomic mass is 16.6. The molecule has 216 valence electrons. The summed E-state index contributed by atoms with van der Waals surface area (Å²) in [6.07, 6.45) is 4.11. The van der Waals surface area contributed by atoms with Crippen LogP contribution >= 0.6 is 0 Å². The van der Waals surface area contributed by atoms with Crippen LogP contribution in [0.25, 0.3) is 0 Å². The first-order valence-electron chi connectivity index (χ1n) is 13.7. The summed E-state index contributed by atoms with van der Waals surface area (Å²) in [4.78, 5) is 54.9. The summed E-state index contributed by atoms with van der Waals surface area (Å²) in [5.74, 6) is -2.23. The highest BCUT2D eigenvalue weighted by molar-refractivity contribution is 5.98. The summed E-state index contributed by atoms with van der Waals surface area (Å²) in [7, 11) is 1.37. The second-order valence-electron chi connectivity index (χ2n) is 10.5. The Morgan fingerprint density at radius 1 is 1.13 bits per heavy atom. The van der Waals surface area contributed by atoms with Crippen LogP contribution in [0.15, 0.2) is 12.3 Å². The number of rotatable bonds is 9. The molecule has 2 fully saturated rings. The van der Waals surface area contributed by atoms with Gasteiger partial charge >= 0.3 is 17.9 Å². The van der Waals surface area contributed by atoms with Gasteiger partial charge in [-0.25, -0.2) is 9.78 Å². The predicted molar refractivity (Wildman–Crippen MR) is 139 cm³/mol. The molecule has 3 rings (SSSR count). The van der Waals surface area contributed by atoms with Crippen LogP contribution in [0.4, 0.5) is 0 Å². The zero-order valence-corrected chi connectivity index (χ0v) is 23.4. The minimum Gasteiger partial charge on any atom is -0.493 e. The smallest absolute Gasteiger partial charge is 0.329 e. The van der Waals surface area contributed by atoms with Gasteiger partial charge in [-0.1, -0.05) is 26.7 Å². The molecule has 4 unspecified atom stereocenters. The van der Waals surface area contributed by atoms with E-state index in [2.05, 4.69) is 10.3 Å². The number of carbonyl (C=O) groups excluding carboxylic acids is 4. The van der Waals surface area contributed by atoms with Crippen molar-refractivity contribution in [1.29, 1.82) is 0 Å². The molecule has 1 aliphatic carbocycles. The SMILES string of the molecule is COc1ccnc(C(=O)NC2CCCC(OCC(C)C)C(OC(=O)C3CCCC3)C(C)OC2=O)c1OC(C)=O. The fraction of sp³-hybridized carbons (Fsp3) is 0.679. The molecule has 11 heteroatoms. The molecule has 39 heavy (non-hydrogen) atoms. The number of ether oxygens (including phenoxy) is 5. The summed E-state index contributed by atoms with van der Waals surface area (Å²) in [6.45, 7) is 7.38. The molecule has 4 atom stereocenters. The molecule has 0 aromatic carbocycles. The van der Waals surface area contributed by atoms with Crippen molar-refractivity contribution in [3.63, 3.8) is 0 Å². The van der Waals surface area contributed by atoms with Gasteiger partial charge in [0.15, 0.2) is 17.5 Å². The first-order chi connectivity index (χ1) is 18.6. The molecule has 0 bridgehead atoms. The van der Waals surface area contributed by atoms with Gasteiger partial charge in [-0.05, 0) is 44.9 Å². The molecule has 2 aliphatic rings. The Morgan fingerprint density at radius 3 is 2.49 bits per heavy atom.